The fourth-order valence-corrected chi connectivity index (χ4v) is 3.10. The second-order valence-electron chi connectivity index (χ2n) is 5.79. The quantitative estimate of drug-likeness (QED) is 0.763. The summed E-state index contributed by atoms with van der Waals surface area (Å²) in [5, 5.41) is 9.65. The average molecular weight is 211 g/mol. The van der Waals surface area contributed by atoms with Gasteiger partial charge in [-0.2, -0.15) is 0 Å². The second kappa shape index (κ2) is 3.48. The molecule has 2 saturated carbocycles. The predicted octanol–water partition coefficient (Wildman–Crippen LogP) is 1.26. The van der Waals surface area contributed by atoms with E-state index in [2.05, 4.69) is 0 Å². The van der Waals surface area contributed by atoms with E-state index in [0.717, 1.165) is 0 Å². The van der Waals surface area contributed by atoms with E-state index in [1.165, 1.54) is 19.3 Å². The first-order chi connectivity index (χ1) is 6.90. The second-order valence-corrected chi connectivity index (χ2v) is 5.79. The molecule has 2 rings (SSSR count). The van der Waals surface area contributed by atoms with Gasteiger partial charge in [-0.1, -0.05) is 6.42 Å². The van der Waals surface area contributed by atoms with Gasteiger partial charge >= 0.3 is 0 Å². The van der Waals surface area contributed by atoms with Crippen LogP contribution in [0.4, 0.5) is 0 Å². The highest BCUT2D eigenvalue weighted by molar-refractivity contribution is 5.82. The van der Waals surface area contributed by atoms with Crippen molar-refractivity contribution in [3.05, 3.63) is 0 Å². The van der Waals surface area contributed by atoms with Crippen molar-refractivity contribution < 1.29 is 9.90 Å². The Bertz CT molecular complexity index is 259. The third-order valence-electron chi connectivity index (χ3n) is 3.69. The van der Waals surface area contributed by atoms with Gasteiger partial charge in [-0.25, -0.2) is 0 Å². The molecule has 1 N–H and O–H groups in total. The van der Waals surface area contributed by atoms with Crippen molar-refractivity contribution in [2.24, 2.45) is 17.8 Å². The molecule has 15 heavy (non-hydrogen) atoms. The molecular weight excluding hydrogens is 190 g/mol. The van der Waals surface area contributed by atoms with Gasteiger partial charge in [0.15, 0.2) is 0 Å². The van der Waals surface area contributed by atoms with Crippen LogP contribution in [0.25, 0.3) is 0 Å². The molecule has 2 aliphatic carbocycles. The molecule has 0 saturated heterocycles. The van der Waals surface area contributed by atoms with Crippen LogP contribution in [-0.4, -0.2) is 35.1 Å². The van der Waals surface area contributed by atoms with Gasteiger partial charge < -0.3 is 10.0 Å². The fraction of sp³-hybridized carbons (Fsp3) is 0.917. The molecule has 0 spiro atoms. The molecule has 0 bridgehead atoms. The summed E-state index contributed by atoms with van der Waals surface area (Å²) in [6, 6.07) is 0. The number of likely N-dealkylation sites (N-methyl/N-ethyl adjacent to an activating group) is 1. The van der Waals surface area contributed by atoms with E-state index in [1.807, 2.05) is 0 Å². The van der Waals surface area contributed by atoms with Crippen molar-refractivity contribution in [3.8, 4) is 0 Å². The lowest BCUT2D eigenvalue weighted by Crippen LogP contribution is -2.40. The zero-order valence-corrected chi connectivity index (χ0v) is 9.86. The Labute approximate surface area is 91.5 Å². The van der Waals surface area contributed by atoms with Gasteiger partial charge in [-0.15, -0.1) is 0 Å². The van der Waals surface area contributed by atoms with E-state index in [9.17, 15) is 9.90 Å². The lowest BCUT2D eigenvalue weighted by molar-refractivity contribution is -0.134. The lowest BCUT2D eigenvalue weighted by atomic mass is 10.1. The summed E-state index contributed by atoms with van der Waals surface area (Å²) in [5.74, 6) is 1.86. The first-order valence-electron chi connectivity index (χ1n) is 5.87. The summed E-state index contributed by atoms with van der Waals surface area (Å²) in [6.45, 7) is 3.91. The number of amides is 1. The first kappa shape index (κ1) is 10.9. The first-order valence-corrected chi connectivity index (χ1v) is 5.87. The zero-order chi connectivity index (χ0) is 11.2. The van der Waals surface area contributed by atoms with Crippen molar-refractivity contribution >= 4 is 5.91 Å². The summed E-state index contributed by atoms with van der Waals surface area (Å²) in [6.07, 6.45) is 3.77. The Hall–Kier alpha value is -0.570. The van der Waals surface area contributed by atoms with E-state index < -0.39 is 5.60 Å². The molecule has 1 amide bonds. The van der Waals surface area contributed by atoms with Crippen LogP contribution in [0.3, 0.4) is 0 Å². The van der Waals surface area contributed by atoms with Crippen LogP contribution in [0.5, 0.6) is 0 Å². The zero-order valence-electron chi connectivity index (χ0n) is 9.86. The van der Waals surface area contributed by atoms with Gasteiger partial charge in [-0.3, -0.25) is 4.79 Å². The van der Waals surface area contributed by atoms with Crippen molar-refractivity contribution in [1.29, 1.82) is 0 Å². The van der Waals surface area contributed by atoms with Crippen LogP contribution in [0.1, 0.15) is 33.1 Å². The van der Waals surface area contributed by atoms with E-state index >= 15 is 0 Å². The molecule has 2 fully saturated rings. The van der Waals surface area contributed by atoms with E-state index in [1.54, 1.807) is 25.8 Å². The van der Waals surface area contributed by atoms with Crippen LogP contribution in [-0.2, 0) is 4.79 Å². The highest BCUT2D eigenvalue weighted by atomic mass is 16.3. The minimum atomic E-state index is -0.783. The Balaban J connectivity index is 1.87. The van der Waals surface area contributed by atoms with Gasteiger partial charge in [0.25, 0.3) is 0 Å². The normalized spacial score (nSPS) is 33.7. The van der Waals surface area contributed by atoms with E-state index in [-0.39, 0.29) is 11.8 Å². The maximum atomic E-state index is 12.0. The van der Waals surface area contributed by atoms with Gasteiger partial charge in [0.2, 0.25) is 5.91 Å². The van der Waals surface area contributed by atoms with Crippen LogP contribution in [0, 0.1) is 17.8 Å². The van der Waals surface area contributed by atoms with Crippen LogP contribution in [0.2, 0.25) is 0 Å². The molecule has 0 aromatic carbocycles. The molecule has 0 aromatic heterocycles. The standard InChI is InChI=1S/C12H21NO2/c1-12(2,15)7-13(3)11(14)10-8-5-4-6-9(8)10/h8-10,15H,4-7H2,1-3H3. The number of nitrogens with zero attached hydrogens (tertiary/aromatic N) is 1. The summed E-state index contributed by atoms with van der Waals surface area (Å²) >= 11 is 0. The number of carbonyl (C=O) groups excluding carboxylic acids is 1. The summed E-state index contributed by atoms with van der Waals surface area (Å²) in [5.41, 5.74) is -0.783. The van der Waals surface area contributed by atoms with Crippen molar-refractivity contribution in [3.63, 3.8) is 0 Å². The number of hydrogen-bond acceptors (Lipinski definition) is 2. The van der Waals surface area contributed by atoms with Gasteiger partial charge in [-0.05, 0) is 38.5 Å². The third kappa shape index (κ3) is 2.17. The topological polar surface area (TPSA) is 40.5 Å². The summed E-state index contributed by atoms with van der Waals surface area (Å²) in [4.78, 5) is 13.7. The largest absolute Gasteiger partial charge is 0.389 e. The molecule has 2 atom stereocenters. The number of rotatable bonds is 3. The molecule has 0 aliphatic heterocycles. The predicted molar refractivity (Wildman–Crippen MR) is 58.3 cm³/mol. The molecule has 3 nitrogen and oxygen atoms in total. The smallest absolute Gasteiger partial charge is 0.226 e. The number of hydrogen-bond donors (Lipinski definition) is 1. The molecule has 2 unspecified atom stereocenters. The number of carbonyl (C=O) groups is 1. The number of aliphatic hydroxyl groups is 1. The molecule has 2 aliphatic rings. The van der Waals surface area contributed by atoms with Crippen molar-refractivity contribution in [2.75, 3.05) is 13.6 Å². The highest BCUT2D eigenvalue weighted by Crippen LogP contribution is 2.58. The van der Waals surface area contributed by atoms with E-state index in [0.29, 0.717) is 18.4 Å². The Morgan fingerprint density at radius 1 is 1.40 bits per heavy atom. The Morgan fingerprint density at radius 3 is 2.40 bits per heavy atom. The van der Waals surface area contributed by atoms with Gasteiger partial charge in [0.1, 0.15) is 0 Å². The average Bonchev–Trinajstić information content (AvgIpc) is 2.54. The Morgan fingerprint density at radius 2 is 1.93 bits per heavy atom. The highest BCUT2D eigenvalue weighted by Gasteiger charge is 2.57. The van der Waals surface area contributed by atoms with Crippen LogP contribution >= 0.6 is 0 Å². The minimum Gasteiger partial charge on any atom is -0.389 e. The van der Waals surface area contributed by atoms with Gasteiger partial charge in [0, 0.05) is 19.5 Å². The van der Waals surface area contributed by atoms with Crippen LogP contribution < -0.4 is 0 Å². The maximum Gasteiger partial charge on any atom is 0.226 e. The molecule has 3 heteroatoms. The van der Waals surface area contributed by atoms with Crippen molar-refractivity contribution in [1.82, 2.24) is 4.90 Å². The fourth-order valence-electron chi connectivity index (χ4n) is 3.10. The molecule has 0 aromatic rings. The van der Waals surface area contributed by atoms with Gasteiger partial charge in [0.05, 0.1) is 5.60 Å². The lowest BCUT2D eigenvalue weighted by Gasteiger charge is -2.26. The third-order valence-corrected chi connectivity index (χ3v) is 3.69. The molecule has 86 valence electrons. The minimum absolute atomic E-state index is 0.242. The van der Waals surface area contributed by atoms with Crippen LogP contribution in [0.15, 0.2) is 0 Å². The molecule has 0 radical (unpaired) electrons. The molecular formula is C12H21NO2. The van der Waals surface area contributed by atoms with E-state index in [4.69, 9.17) is 0 Å². The SMILES string of the molecule is CN(CC(C)(C)O)C(=O)C1C2CCCC21. The molecule has 0 heterocycles. The summed E-state index contributed by atoms with van der Waals surface area (Å²) < 4.78 is 0. The maximum absolute atomic E-state index is 12.0. The monoisotopic (exact) mass is 211 g/mol. The van der Waals surface area contributed by atoms with Crippen molar-refractivity contribution in [2.45, 2.75) is 38.7 Å². The Kier molecular flexibility index (Phi) is 2.53. The number of fused-ring (bicyclic) bond motifs is 1. The summed E-state index contributed by atoms with van der Waals surface area (Å²) in [7, 11) is 1.80.